The van der Waals surface area contributed by atoms with Gasteiger partial charge in [0.15, 0.2) is 17.9 Å². The number of H-pyrrole nitrogens is 1. The zero-order valence-electron chi connectivity index (χ0n) is 26.3. The lowest BCUT2D eigenvalue weighted by Gasteiger charge is -2.12. The number of hydrogen-bond donors (Lipinski definition) is 2. The fourth-order valence-corrected chi connectivity index (χ4v) is 6.24. The van der Waals surface area contributed by atoms with E-state index in [4.69, 9.17) is 0 Å². The summed E-state index contributed by atoms with van der Waals surface area (Å²) in [7, 11) is 0. The monoisotopic (exact) mass is 574 g/mol. The van der Waals surface area contributed by atoms with Crippen LogP contribution >= 0.6 is 0 Å². The van der Waals surface area contributed by atoms with E-state index in [-0.39, 0.29) is 0 Å². The van der Waals surface area contributed by atoms with E-state index < -0.39 is 0 Å². The minimum atomic E-state index is 0.898. The molecule has 4 nitrogen and oxygen atoms in total. The van der Waals surface area contributed by atoms with E-state index in [0.29, 0.717) is 0 Å². The molecule has 0 spiro atoms. The lowest BCUT2D eigenvalue weighted by molar-refractivity contribution is -0.668. The Hall–Kier alpha value is -3.92. The van der Waals surface area contributed by atoms with Crippen LogP contribution in [0.4, 0.5) is 11.4 Å². The van der Waals surface area contributed by atoms with Gasteiger partial charge in [0, 0.05) is 56.8 Å². The molecule has 3 aromatic carbocycles. The summed E-state index contributed by atoms with van der Waals surface area (Å²) < 4.78 is 2.43. The molecule has 0 aliphatic carbocycles. The van der Waals surface area contributed by atoms with Crippen molar-refractivity contribution in [3.05, 3.63) is 108 Å². The standard InChI is InChI=1S/C39H48N4/c1-31-28-37(34-22-14-16-24-36(34)42-31)40-26-18-9-7-5-3-4-6-8-10-19-27-41-38-29-32(2)43(30-33-20-12-11-13-21-33)39-25-17-15-23-35(38)39/h11-17,20-25,28-29H,3-10,18-19,26-27,30H2,1-2H3,(H,40,42)/p+2. The maximum atomic E-state index is 3.76. The molecule has 0 aliphatic heterocycles. The molecule has 0 aliphatic rings. The van der Waals surface area contributed by atoms with Gasteiger partial charge in [0.25, 0.3) is 0 Å². The van der Waals surface area contributed by atoms with Gasteiger partial charge in [0.2, 0.25) is 11.0 Å². The Bertz CT molecular complexity index is 1580. The zero-order chi connectivity index (χ0) is 29.7. The van der Waals surface area contributed by atoms with Crippen LogP contribution in [0.1, 0.15) is 81.2 Å². The molecule has 2 aromatic heterocycles. The average molecular weight is 575 g/mol. The second-order valence-electron chi connectivity index (χ2n) is 12.1. The van der Waals surface area contributed by atoms with Crippen molar-refractivity contribution in [2.24, 2.45) is 0 Å². The number of benzene rings is 3. The van der Waals surface area contributed by atoms with Gasteiger partial charge in [-0.25, -0.2) is 4.98 Å². The van der Waals surface area contributed by atoms with Gasteiger partial charge in [0.05, 0.1) is 22.1 Å². The van der Waals surface area contributed by atoms with Crippen LogP contribution in [0, 0.1) is 13.8 Å². The molecule has 3 N–H and O–H groups in total. The highest BCUT2D eigenvalue weighted by Gasteiger charge is 2.17. The predicted octanol–water partition coefficient (Wildman–Crippen LogP) is 9.18. The number of fused-ring (bicyclic) bond motifs is 2. The summed E-state index contributed by atoms with van der Waals surface area (Å²) >= 11 is 0. The lowest BCUT2D eigenvalue weighted by Crippen LogP contribution is -2.38. The summed E-state index contributed by atoms with van der Waals surface area (Å²) in [5.74, 6) is 0. The van der Waals surface area contributed by atoms with Gasteiger partial charge in [-0.15, -0.1) is 0 Å². The summed E-state index contributed by atoms with van der Waals surface area (Å²) in [4.78, 5) is 3.46. The Morgan fingerprint density at radius 2 is 1.09 bits per heavy atom. The van der Waals surface area contributed by atoms with Crippen molar-refractivity contribution >= 4 is 33.2 Å². The van der Waals surface area contributed by atoms with Crippen LogP contribution in [-0.2, 0) is 6.54 Å². The van der Waals surface area contributed by atoms with Crippen molar-refractivity contribution < 1.29 is 9.55 Å². The molecular formula is C39H50N4+2. The number of aromatic amines is 1. The van der Waals surface area contributed by atoms with E-state index in [1.807, 2.05) is 0 Å². The molecule has 224 valence electrons. The molecule has 5 aromatic rings. The number of nitrogens with one attached hydrogen (secondary N) is 3. The molecule has 0 unspecified atom stereocenters. The number of rotatable bonds is 17. The average Bonchev–Trinajstić information content (AvgIpc) is 3.03. The van der Waals surface area contributed by atoms with E-state index in [1.165, 1.54) is 114 Å². The maximum absolute atomic E-state index is 3.76. The topological polar surface area (TPSA) is 42.1 Å². The molecule has 0 radical (unpaired) electrons. The molecule has 4 heteroatoms. The van der Waals surface area contributed by atoms with Crippen molar-refractivity contribution in [2.75, 3.05) is 23.7 Å². The quantitative estimate of drug-likeness (QED) is 0.0859. The Balaban J connectivity index is 0.928. The smallest absolute Gasteiger partial charge is 0.215 e. The van der Waals surface area contributed by atoms with E-state index in [2.05, 4.69) is 125 Å². The van der Waals surface area contributed by atoms with Crippen molar-refractivity contribution in [3.8, 4) is 0 Å². The minimum Gasteiger partial charge on any atom is -0.384 e. The number of anilines is 2. The SMILES string of the molecule is Cc1cc(NCCCCCCCCCCCCNc2cc(C)[n+](Cc3ccccc3)c3ccccc23)c2ccccc2[nH+]1. The molecule has 0 saturated heterocycles. The first-order chi connectivity index (χ1) is 21.2. The molecule has 0 saturated carbocycles. The molecular weight excluding hydrogens is 524 g/mol. The number of para-hydroxylation sites is 2. The van der Waals surface area contributed by atoms with Crippen molar-refractivity contribution in [3.63, 3.8) is 0 Å². The molecule has 2 heterocycles. The number of pyridine rings is 2. The second kappa shape index (κ2) is 16.1. The van der Waals surface area contributed by atoms with Gasteiger partial charge < -0.3 is 10.6 Å². The molecule has 0 bridgehead atoms. The normalized spacial score (nSPS) is 11.3. The lowest BCUT2D eigenvalue weighted by atomic mass is 10.1. The third kappa shape index (κ3) is 8.79. The Morgan fingerprint density at radius 3 is 1.77 bits per heavy atom. The van der Waals surface area contributed by atoms with Crippen LogP contribution in [0.25, 0.3) is 21.8 Å². The zero-order valence-corrected chi connectivity index (χ0v) is 26.3. The number of unbranched alkanes of at least 4 members (excludes halogenated alkanes) is 9. The van der Waals surface area contributed by atoms with Gasteiger partial charge in [-0.2, -0.15) is 4.57 Å². The van der Waals surface area contributed by atoms with Crippen molar-refractivity contribution in [2.45, 2.75) is 84.6 Å². The molecule has 0 fully saturated rings. The number of aryl methyl sites for hydroxylation is 2. The Kier molecular flexibility index (Phi) is 11.4. The van der Waals surface area contributed by atoms with Crippen LogP contribution in [0.3, 0.4) is 0 Å². The van der Waals surface area contributed by atoms with Crippen LogP contribution in [0.5, 0.6) is 0 Å². The first-order valence-corrected chi connectivity index (χ1v) is 16.5. The van der Waals surface area contributed by atoms with E-state index in [9.17, 15) is 0 Å². The number of hydrogen-bond acceptors (Lipinski definition) is 2. The van der Waals surface area contributed by atoms with Gasteiger partial charge in [-0.1, -0.05) is 106 Å². The van der Waals surface area contributed by atoms with E-state index in [0.717, 1.165) is 19.6 Å². The van der Waals surface area contributed by atoms with Crippen LogP contribution in [0.2, 0.25) is 0 Å². The van der Waals surface area contributed by atoms with Gasteiger partial charge >= 0.3 is 0 Å². The summed E-state index contributed by atoms with van der Waals surface area (Å²) in [6.45, 7) is 7.34. The molecule has 0 atom stereocenters. The van der Waals surface area contributed by atoms with Crippen LogP contribution in [-0.4, -0.2) is 13.1 Å². The number of aromatic nitrogens is 2. The highest BCUT2D eigenvalue weighted by Crippen LogP contribution is 2.23. The van der Waals surface area contributed by atoms with Crippen LogP contribution in [0.15, 0.2) is 91.0 Å². The number of nitrogens with zero attached hydrogens (tertiary/aromatic N) is 1. The largest absolute Gasteiger partial charge is 0.384 e. The predicted molar refractivity (Wildman–Crippen MR) is 183 cm³/mol. The Labute approximate surface area is 258 Å². The third-order valence-electron chi connectivity index (χ3n) is 8.59. The third-order valence-corrected chi connectivity index (χ3v) is 8.59. The van der Waals surface area contributed by atoms with Gasteiger partial charge in [0.1, 0.15) is 0 Å². The first kappa shape index (κ1) is 30.5. The summed E-state index contributed by atoms with van der Waals surface area (Å²) in [5, 5.41) is 10.0. The summed E-state index contributed by atoms with van der Waals surface area (Å²) in [5.41, 5.74) is 8.84. The highest BCUT2D eigenvalue weighted by atomic mass is 15.0. The summed E-state index contributed by atoms with van der Waals surface area (Å²) in [6.07, 6.45) is 13.3. The Morgan fingerprint density at radius 1 is 0.558 bits per heavy atom. The van der Waals surface area contributed by atoms with E-state index >= 15 is 0 Å². The van der Waals surface area contributed by atoms with E-state index in [1.54, 1.807) is 0 Å². The van der Waals surface area contributed by atoms with Crippen molar-refractivity contribution in [1.82, 2.24) is 0 Å². The van der Waals surface area contributed by atoms with Crippen LogP contribution < -0.4 is 20.2 Å². The summed E-state index contributed by atoms with van der Waals surface area (Å²) in [6, 6.07) is 32.6. The fraction of sp³-hybridized carbons (Fsp3) is 0.385. The second-order valence-corrected chi connectivity index (χ2v) is 12.1. The highest BCUT2D eigenvalue weighted by molar-refractivity contribution is 5.89. The first-order valence-electron chi connectivity index (χ1n) is 16.5. The molecule has 5 rings (SSSR count). The van der Waals surface area contributed by atoms with Gasteiger partial charge in [-0.3, -0.25) is 0 Å². The minimum absolute atomic E-state index is 0.898. The fourth-order valence-electron chi connectivity index (χ4n) is 6.24. The maximum Gasteiger partial charge on any atom is 0.215 e. The molecule has 0 amide bonds. The molecule has 43 heavy (non-hydrogen) atoms. The van der Waals surface area contributed by atoms with Gasteiger partial charge in [-0.05, 0) is 25.0 Å². The van der Waals surface area contributed by atoms with Crippen molar-refractivity contribution in [1.29, 1.82) is 0 Å².